The summed E-state index contributed by atoms with van der Waals surface area (Å²) in [5.74, 6) is 0.294. The van der Waals surface area contributed by atoms with Gasteiger partial charge >= 0.3 is 0 Å². The molecule has 0 radical (unpaired) electrons. The minimum Gasteiger partial charge on any atom is -0.497 e. The minimum absolute atomic E-state index is 0.132. The first-order valence-corrected chi connectivity index (χ1v) is 11.0. The normalized spacial score (nSPS) is 11.5. The van der Waals surface area contributed by atoms with Crippen LogP contribution in [0.5, 0.6) is 5.75 Å². The van der Waals surface area contributed by atoms with Crippen LogP contribution in [0.2, 0.25) is 0 Å². The van der Waals surface area contributed by atoms with Gasteiger partial charge in [-0.25, -0.2) is 0 Å². The number of nitrogens with zero attached hydrogens (tertiary/aromatic N) is 1. The third-order valence-corrected chi connectivity index (χ3v) is 5.39. The fourth-order valence-corrected chi connectivity index (χ4v) is 3.65. The van der Waals surface area contributed by atoms with Gasteiger partial charge in [-0.15, -0.1) is 0 Å². The van der Waals surface area contributed by atoms with Crippen molar-refractivity contribution in [3.63, 3.8) is 0 Å². The Hall–Kier alpha value is -3.64. The summed E-state index contributed by atoms with van der Waals surface area (Å²) in [4.78, 5) is 28.3. The Morgan fingerprint density at radius 3 is 2.06 bits per heavy atom. The van der Waals surface area contributed by atoms with Gasteiger partial charge in [-0.1, -0.05) is 72.8 Å². The molecule has 0 saturated carbocycles. The summed E-state index contributed by atoms with van der Waals surface area (Å²) in [6, 6.07) is 25.9. The molecule has 0 saturated heterocycles. The zero-order chi connectivity index (χ0) is 23.5. The zero-order valence-electron chi connectivity index (χ0n) is 18.8. The molecule has 172 valence electrons. The molecule has 1 unspecified atom stereocenters. The van der Waals surface area contributed by atoms with E-state index in [4.69, 9.17) is 4.74 Å². The minimum atomic E-state index is -0.725. The Labute approximate surface area is 194 Å². The summed E-state index contributed by atoms with van der Waals surface area (Å²) in [7, 11) is 1.60. The molecule has 6 nitrogen and oxygen atoms in total. The van der Waals surface area contributed by atoms with Crippen molar-refractivity contribution >= 4 is 11.8 Å². The number of hydrogen-bond acceptors (Lipinski definition) is 4. The first kappa shape index (κ1) is 24.0. The molecule has 0 aliphatic carbocycles. The van der Waals surface area contributed by atoms with Gasteiger partial charge in [0.25, 0.3) is 0 Å². The number of methoxy groups -OCH3 is 1. The standard InChI is InChI=1S/C27H30N2O4/c1-33-24-14-12-23(13-15-24)20-29(26(31)19-22-10-6-3-7-11-22)25(27(32)28-16-17-30)18-21-8-4-2-5-9-21/h2-15,25,30H,16-20H2,1H3,(H,28,32). The molecule has 2 amide bonds. The van der Waals surface area contributed by atoms with E-state index in [0.717, 1.165) is 22.4 Å². The molecule has 3 rings (SSSR count). The summed E-state index contributed by atoms with van der Waals surface area (Å²) < 4.78 is 5.24. The number of hydrogen-bond donors (Lipinski definition) is 2. The van der Waals surface area contributed by atoms with Crippen molar-refractivity contribution in [2.75, 3.05) is 20.3 Å². The molecule has 6 heteroatoms. The molecule has 0 aliphatic rings. The molecule has 2 N–H and O–H groups in total. The van der Waals surface area contributed by atoms with Crippen LogP contribution >= 0.6 is 0 Å². The van der Waals surface area contributed by atoms with Crippen LogP contribution in [0.25, 0.3) is 0 Å². The van der Waals surface area contributed by atoms with Gasteiger partial charge in [0.15, 0.2) is 0 Å². The summed E-state index contributed by atoms with van der Waals surface area (Å²) in [6.07, 6.45) is 0.560. The number of carbonyl (C=O) groups excluding carboxylic acids is 2. The second-order valence-corrected chi connectivity index (χ2v) is 7.75. The number of nitrogens with one attached hydrogen (secondary N) is 1. The largest absolute Gasteiger partial charge is 0.497 e. The van der Waals surface area contributed by atoms with E-state index in [0.29, 0.717) is 6.42 Å². The second-order valence-electron chi connectivity index (χ2n) is 7.75. The molecule has 0 bridgehead atoms. The molecule has 3 aromatic rings. The Bertz CT molecular complexity index is 1010. The van der Waals surface area contributed by atoms with Crippen LogP contribution in [0.3, 0.4) is 0 Å². The first-order chi connectivity index (χ1) is 16.1. The van der Waals surface area contributed by atoms with Crippen molar-refractivity contribution < 1.29 is 19.4 Å². The molecular weight excluding hydrogens is 416 g/mol. The lowest BCUT2D eigenvalue weighted by atomic mass is 10.0. The number of carbonyl (C=O) groups is 2. The lowest BCUT2D eigenvalue weighted by molar-refractivity contribution is -0.140. The van der Waals surface area contributed by atoms with Crippen LogP contribution in [-0.4, -0.2) is 48.1 Å². The van der Waals surface area contributed by atoms with Crippen molar-refractivity contribution in [3.05, 3.63) is 102 Å². The molecule has 0 heterocycles. The van der Waals surface area contributed by atoms with Crippen LogP contribution in [-0.2, 0) is 29.0 Å². The van der Waals surface area contributed by atoms with Crippen molar-refractivity contribution in [3.8, 4) is 5.75 Å². The first-order valence-electron chi connectivity index (χ1n) is 11.0. The molecular formula is C27H30N2O4. The number of aliphatic hydroxyl groups excluding tert-OH is 1. The highest BCUT2D eigenvalue weighted by molar-refractivity contribution is 5.88. The fourth-order valence-electron chi connectivity index (χ4n) is 3.65. The highest BCUT2D eigenvalue weighted by Gasteiger charge is 2.30. The van der Waals surface area contributed by atoms with Crippen LogP contribution in [0.1, 0.15) is 16.7 Å². The summed E-state index contributed by atoms with van der Waals surface area (Å²) in [6.45, 7) is 0.243. The van der Waals surface area contributed by atoms with E-state index in [9.17, 15) is 14.7 Å². The SMILES string of the molecule is COc1ccc(CN(C(=O)Cc2ccccc2)C(Cc2ccccc2)C(=O)NCCO)cc1. The van der Waals surface area contributed by atoms with E-state index in [1.165, 1.54) is 0 Å². The summed E-state index contributed by atoms with van der Waals surface area (Å²) >= 11 is 0. The van der Waals surface area contributed by atoms with E-state index in [1.54, 1.807) is 12.0 Å². The number of benzene rings is 3. The van der Waals surface area contributed by atoms with Crippen LogP contribution < -0.4 is 10.1 Å². The van der Waals surface area contributed by atoms with Crippen molar-refractivity contribution in [2.24, 2.45) is 0 Å². The molecule has 0 aromatic heterocycles. The van der Waals surface area contributed by atoms with Crippen molar-refractivity contribution in [2.45, 2.75) is 25.4 Å². The van der Waals surface area contributed by atoms with E-state index >= 15 is 0 Å². The molecule has 3 aromatic carbocycles. The average molecular weight is 447 g/mol. The van der Waals surface area contributed by atoms with Crippen LogP contribution in [0, 0.1) is 0 Å². The predicted molar refractivity (Wildman–Crippen MR) is 128 cm³/mol. The molecule has 0 fully saturated rings. The van der Waals surface area contributed by atoms with Gasteiger partial charge in [-0.3, -0.25) is 9.59 Å². The molecule has 1 atom stereocenters. The highest BCUT2D eigenvalue weighted by Crippen LogP contribution is 2.18. The zero-order valence-corrected chi connectivity index (χ0v) is 18.8. The van der Waals surface area contributed by atoms with Gasteiger partial charge in [-0.05, 0) is 28.8 Å². The Morgan fingerprint density at radius 2 is 1.48 bits per heavy atom. The van der Waals surface area contributed by atoms with E-state index in [2.05, 4.69) is 5.32 Å². The topological polar surface area (TPSA) is 78.9 Å². The number of aliphatic hydroxyl groups is 1. The molecule has 0 spiro atoms. The van der Waals surface area contributed by atoms with Crippen LogP contribution in [0.15, 0.2) is 84.9 Å². The van der Waals surface area contributed by atoms with Crippen molar-refractivity contribution in [1.29, 1.82) is 0 Å². The molecule has 0 aliphatic heterocycles. The van der Waals surface area contributed by atoms with E-state index in [1.807, 2.05) is 84.9 Å². The lowest BCUT2D eigenvalue weighted by Crippen LogP contribution is -2.51. The summed E-state index contributed by atoms with van der Waals surface area (Å²) in [5.41, 5.74) is 2.73. The maximum absolute atomic E-state index is 13.5. The maximum Gasteiger partial charge on any atom is 0.243 e. The number of amides is 2. The number of rotatable bonds is 11. The van der Waals surface area contributed by atoms with Gasteiger partial charge in [0.05, 0.1) is 20.1 Å². The predicted octanol–water partition coefficient (Wildman–Crippen LogP) is 2.99. The lowest BCUT2D eigenvalue weighted by Gasteiger charge is -2.31. The maximum atomic E-state index is 13.5. The van der Waals surface area contributed by atoms with Gasteiger partial charge in [0, 0.05) is 19.5 Å². The highest BCUT2D eigenvalue weighted by atomic mass is 16.5. The Kier molecular flexibility index (Phi) is 9.03. The van der Waals surface area contributed by atoms with Crippen LogP contribution in [0.4, 0.5) is 0 Å². The second kappa shape index (κ2) is 12.4. The van der Waals surface area contributed by atoms with E-state index in [-0.39, 0.29) is 37.9 Å². The van der Waals surface area contributed by atoms with Gasteiger partial charge in [-0.2, -0.15) is 0 Å². The van der Waals surface area contributed by atoms with E-state index < -0.39 is 6.04 Å². The Morgan fingerprint density at radius 1 is 0.879 bits per heavy atom. The monoisotopic (exact) mass is 446 g/mol. The molecule has 33 heavy (non-hydrogen) atoms. The Balaban J connectivity index is 1.93. The third-order valence-electron chi connectivity index (χ3n) is 5.39. The number of ether oxygens (including phenoxy) is 1. The fraction of sp³-hybridized carbons (Fsp3) is 0.259. The van der Waals surface area contributed by atoms with Gasteiger partial charge < -0.3 is 20.1 Å². The van der Waals surface area contributed by atoms with Crippen molar-refractivity contribution in [1.82, 2.24) is 10.2 Å². The van der Waals surface area contributed by atoms with Gasteiger partial charge in [0.1, 0.15) is 11.8 Å². The summed E-state index contributed by atoms with van der Waals surface area (Å²) in [5, 5.41) is 12.0. The smallest absolute Gasteiger partial charge is 0.243 e. The van der Waals surface area contributed by atoms with Gasteiger partial charge in [0.2, 0.25) is 11.8 Å². The average Bonchev–Trinajstić information content (AvgIpc) is 2.86. The third kappa shape index (κ3) is 7.19. The quantitative estimate of drug-likeness (QED) is 0.475.